The third kappa shape index (κ3) is 3.76. The van der Waals surface area contributed by atoms with Gasteiger partial charge < -0.3 is 14.4 Å². The first-order valence-corrected chi connectivity index (χ1v) is 10.9. The first-order valence-electron chi connectivity index (χ1n) is 10.9. The Hall–Kier alpha value is -3.00. The second-order valence-electron chi connectivity index (χ2n) is 8.35. The van der Waals surface area contributed by atoms with Gasteiger partial charge in [0.1, 0.15) is 23.2 Å². The van der Waals surface area contributed by atoms with Crippen molar-refractivity contribution < 1.29 is 9.47 Å². The summed E-state index contributed by atoms with van der Waals surface area (Å²) in [4.78, 5) is 28.9. The van der Waals surface area contributed by atoms with E-state index in [1.807, 2.05) is 0 Å². The quantitative estimate of drug-likeness (QED) is 0.626. The monoisotopic (exact) mass is 421 g/mol. The maximum absolute atomic E-state index is 12.8. The molecule has 3 heterocycles. The van der Waals surface area contributed by atoms with Gasteiger partial charge in [-0.3, -0.25) is 9.36 Å². The van der Waals surface area contributed by atoms with E-state index < -0.39 is 0 Å². The fourth-order valence-electron chi connectivity index (χ4n) is 4.44. The van der Waals surface area contributed by atoms with Gasteiger partial charge in [-0.15, -0.1) is 0 Å². The Balaban J connectivity index is 1.34. The molecular weight excluding hydrogens is 394 g/mol. The van der Waals surface area contributed by atoms with Crippen LogP contribution < -0.4 is 15.0 Å². The van der Waals surface area contributed by atoms with E-state index in [1.54, 1.807) is 44.8 Å². The number of benzene rings is 1. The second kappa shape index (κ2) is 8.26. The highest BCUT2D eigenvalue weighted by Gasteiger charge is 2.29. The van der Waals surface area contributed by atoms with Gasteiger partial charge in [0.15, 0.2) is 0 Å². The lowest BCUT2D eigenvalue weighted by atomic mass is 9.90. The summed E-state index contributed by atoms with van der Waals surface area (Å²) >= 11 is 0. The first-order chi connectivity index (χ1) is 15.1. The minimum absolute atomic E-state index is 0.141. The zero-order chi connectivity index (χ0) is 21.4. The van der Waals surface area contributed by atoms with E-state index in [1.165, 1.54) is 23.8 Å². The van der Waals surface area contributed by atoms with Crippen molar-refractivity contribution in [2.24, 2.45) is 7.05 Å². The summed E-state index contributed by atoms with van der Waals surface area (Å²) in [6, 6.07) is 6.49. The Morgan fingerprint density at radius 1 is 1.06 bits per heavy atom. The predicted octanol–water partition coefficient (Wildman–Crippen LogP) is 2.79. The van der Waals surface area contributed by atoms with Crippen LogP contribution in [0.4, 0.5) is 0 Å². The van der Waals surface area contributed by atoms with Crippen molar-refractivity contribution in [2.45, 2.75) is 44.2 Å². The molecule has 1 aliphatic heterocycles. The predicted molar refractivity (Wildman–Crippen MR) is 117 cm³/mol. The molecule has 0 N–H and O–H groups in total. The van der Waals surface area contributed by atoms with E-state index in [2.05, 4.69) is 19.9 Å². The first kappa shape index (κ1) is 19.9. The van der Waals surface area contributed by atoms with Gasteiger partial charge in [0.25, 0.3) is 5.56 Å². The largest absolute Gasteiger partial charge is 0.494 e. The van der Waals surface area contributed by atoms with Gasteiger partial charge in [0, 0.05) is 38.6 Å². The molecule has 1 aliphatic carbocycles. The van der Waals surface area contributed by atoms with Gasteiger partial charge in [0.05, 0.1) is 18.1 Å². The van der Waals surface area contributed by atoms with Crippen molar-refractivity contribution >= 4 is 10.9 Å². The smallest absolute Gasteiger partial charge is 0.316 e. The molecule has 1 aromatic carbocycles. The van der Waals surface area contributed by atoms with Gasteiger partial charge >= 0.3 is 6.01 Å². The van der Waals surface area contributed by atoms with E-state index >= 15 is 0 Å². The van der Waals surface area contributed by atoms with Crippen LogP contribution in [0.25, 0.3) is 22.3 Å². The second-order valence-corrected chi connectivity index (χ2v) is 8.35. The standard InChI is InChI=1S/C23H27N5O3/c1-27-21(26-20-18(22(27)29)7-4-8-19(20)30-2)15-13-24-23(25-14-15)31-17-9-11-28(12-10-17)16-5-3-6-16/h4,7-8,13-14,16-17H,3,5-6,9-12H2,1-2H3. The molecule has 162 valence electrons. The minimum Gasteiger partial charge on any atom is -0.494 e. The molecule has 0 spiro atoms. The summed E-state index contributed by atoms with van der Waals surface area (Å²) in [7, 11) is 3.27. The van der Waals surface area contributed by atoms with Crippen LogP contribution in [-0.2, 0) is 7.05 Å². The van der Waals surface area contributed by atoms with Crippen molar-refractivity contribution in [3.8, 4) is 23.1 Å². The molecule has 5 rings (SSSR count). The van der Waals surface area contributed by atoms with E-state index in [4.69, 9.17) is 9.47 Å². The molecule has 0 bridgehead atoms. The lowest BCUT2D eigenvalue weighted by Crippen LogP contribution is -2.46. The van der Waals surface area contributed by atoms with Crippen molar-refractivity contribution in [3.05, 3.63) is 40.9 Å². The third-order valence-corrected chi connectivity index (χ3v) is 6.52. The van der Waals surface area contributed by atoms with Crippen molar-refractivity contribution in [3.63, 3.8) is 0 Å². The molecule has 2 aromatic heterocycles. The highest BCUT2D eigenvalue weighted by molar-refractivity contribution is 5.85. The third-order valence-electron chi connectivity index (χ3n) is 6.52. The zero-order valence-electron chi connectivity index (χ0n) is 18.0. The van der Waals surface area contributed by atoms with E-state index in [9.17, 15) is 4.79 Å². The van der Waals surface area contributed by atoms with Crippen LogP contribution in [0.2, 0.25) is 0 Å². The Labute approximate surface area is 180 Å². The van der Waals surface area contributed by atoms with E-state index in [0.717, 1.165) is 32.0 Å². The van der Waals surface area contributed by atoms with E-state index in [-0.39, 0.29) is 11.7 Å². The molecule has 2 aliphatic rings. The molecule has 0 radical (unpaired) electrons. The van der Waals surface area contributed by atoms with Gasteiger partial charge in [-0.25, -0.2) is 15.0 Å². The van der Waals surface area contributed by atoms with Crippen LogP contribution in [0.3, 0.4) is 0 Å². The molecule has 0 amide bonds. The summed E-state index contributed by atoms with van der Waals surface area (Å²) in [5.41, 5.74) is 1.04. The molecular formula is C23H27N5O3. The number of likely N-dealkylation sites (tertiary alicyclic amines) is 1. The molecule has 3 aromatic rings. The number of piperidine rings is 1. The number of fused-ring (bicyclic) bond motifs is 1. The number of aromatic nitrogens is 4. The summed E-state index contributed by atoms with van der Waals surface area (Å²) < 4.78 is 12.9. The fraction of sp³-hybridized carbons (Fsp3) is 0.478. The van der Waals surface area contributed by atoms with Crippen LogP contribution in [0.15, 0.2) is 35.4 Å². The van der Waals surface area contributed by atoms with Crippen LogP contribution in [0, 0.1) is 0 Å². The topological polar surface area (TPSA) is 82.4 Å². The number of hydrogen-bond donors (Lipinski definition) is 0. The average Bonchev–Trinajstić information content (AvgIpc) is 2.76. The average molecular weight is 422 g/mol. The molecule has 1 saturated carbocycles. The molecule has 0 unspecified atom stereocenters. The van der Waals surface area contributed by atoms with E-state index in [0.29, 0.717) is 34.1 Å². The van der Waals surface area contributed by atoms with Crippen LogP contribution in [0.1, 0.15) is 32.1 Å². The van der Waals surface area contributed by atoms with Gasteiger partial charge in [-0.05, 0) is 37.8 Å². The molecule has 8 heteroatoms. The normalized spacial score (nSPS) is 18.1. The number of para-hydroxylation sites is 1. The molecule has 1 saturated heterocycles. The zero-order valence-corrected chi connectivity index (χ0v) is 18.0. The molecule has 31 heavy (non-hydrogen) atoms. The summed E-state index contributed by atoms with van der Waals surface area (Å²) in [6.07, 6.45) is 9.52. The highest BCUT2D eigenvalue weighted by atomic mass is 16.5. The number of rotatable bonds is 5. The Kier molecular flexibility index (Phi) is 5.31. The maximum atomic E-state index is 12.8. The molecule has 0 atom stereocenters. The molecule has 2 fully saturated rings. The lowest BCUT2D eigenvalue weighted by Gasteiger charge is -2.41. The highest BCUT2D eigenvalue weighted by Crippen LogP contribution is 2.28. The Morgan fingerprint density at radius 3 is 2.45 bits per heavy atom. The summed E-state index contributed by atoms with van der Waals surface area (Å²) in [5, 5.41) is 0.514. The number of hydrogen-bond acceptors (Lipinski definition) is 7. The van der Waals surface area contributed by atoms with Crippen LogP contribution in [-0.4, -0.2) is 56.8 Å². The van der Waals surface area contributed by atoms with Crippen molar-refractivity contribution in [1.29, 1.82) is 0 Å². The Morgan fingerprint density at radius 2 is 1.81 bits per heavy atom. The van der Waals surface area contributed by atoms with Crippen LogP contribution in [0.5, 0.6) is 11.8 Å². The molecule has 8 nitrogen and oxygen atoms in total. The number of methoxy groups -OCH3 is 1. The summed E-state index contributed by atoms with van der Waals surface area (Å²) in [6.45, 7) is 2.16. The lowest BCUT2D eigenvalue weighted by molar-refractivity contribution is 0.0454. The minimum atomic E-state index is -0.141. The van der Waals surface area contributed by atoms with Crippen molar-refractivity contribution in [1.82, 2.24) is 24.4 Å². The number of ether oxygens (including phenoxy) is 2. The SMILES string of the molecule is COc1cccc2c(=O)n(C)c(-c3cnc(OC4CCN(C5CCC5)CC4)nc3)nc12. The Bertz CT molecular complexity index is 1130. The van der Waals surface area contributed by atoms with Gasteiger partial charge in [-0.2, -0.15) is 0 Å². The number of nitrogens with zero attached hydrogens (tertiary/aromatic N) is 5. The fourth-order valence-corrected chi connectivity index (χ4v) is 4.44. The van der Waals surface area contributed by atoms with Gasteiger partial charge in [-0.1, -0.05) is 12.5 Å². The summed E-state index contributed by atoms with van der Waals surface area (Å²) in [5.74, 6) is 1.05. The van der Waals surface area contributed by atoms with Crippen molar-refractivity contribution in [2.75, 3.05) is 20.2 Å². The maximum Gasteiger partial charge on any atom is 0.316 e. The van der Waals surface area contributed by atoms with Gasteiger partial charge in [0.2, 0.25) is 0 Å². The van der Waals surface area contributed by atoms with Crippen LogP contribution >= 0.6 is 0 Å².